The minimum atomic E-state index is 0.198. The third-order valence-corrected chi connectivity index (χ3v) is 4.22. The Morgan fingerprint density at radius 3 is 2.68 bits per heavy atom. The zero-order valence-electron chi connectivity index (χ0n) is 13.3. The Morgan fingerprint density at radius 1 is 1.32 bits per heavy atom. The second-order valence-corrected chi connectivity index (χ2v) is 5.77. The van der Waals surface area contributed by atoms with Gasteiger partial charge in [0.05, 0.1) is 12.8 Å². The molecule has 2 rings (SSSR count). The Balaban J connectivity index is 1.79. The first-order valence-electron chi connectivity index (χ1n) is 7.71. The molecule has 0 saturated carbocycles. The lowest BCUT2D eigenvalue weighted by molar-refractivity contribution is -0.132. The normalized spacial score (nSPS) is 15.7. The molecule has 1 aliphatic rings. The van der Waals surface area contributed by atoms with Gasteiger partial charge in [0.1, 0.15) is 5.75 Å². The summed E-state index contributed by atoms with van der Waals surface area (Å²) < 4.78 is 5.28. The number of ether oxygens (including phenoxy) is 1. The first-order chi connectivity index (χ1) is 10.6. The maximum absolute atomic E-state index is 12.2. The standard InChI is InChI=1S/C16H24ClN3O2/c1-3-19-8-10-20(11-9-19)16(21)6-7-18-14-12-13(17)4-5-15(14)22-2/h4-5,12,18H,3,6-11H2,1-2H3. The van der Waals surface area contributed by atoms with Crippen molar-refractivity contribution in [3.05, 3.63) is 23.2 Å². The molecule has 1 saturated heterocycles. The predicted octanol–water partition coefficient (Wildman–Crippen LogP) is 2.31. The highest BCUT2D eigenvalue weighted by Crippen LogP contribution is 2.27. The van der Waals surface area contributed by atoms with Crippen molar-refractivity contribution in [2.45, 2.75) is 13.3 Å². The Morgan fingerprint density at radius 2 is 2.05 bits per heavy atom. The molecule has 1 fully saturated rings. The van der Waals surface area contributed by atoms with Gasteiger partial charge in [-0.25, -0.2) is 0 Å². The van der Waals surface area contributed by atoms with Crippen LogP contribution in [0.1, 0.15) is 13.3 Å². The highest BCUT2D eigenvalue weighted by Gasteiger charge is 2.19. The number of rotatable bonds is 6. The molecule has 5 nitrogen and oxygen atoms in total. The van der Waals surface area contributed by atoms with Gasteiger partial charge in [-0.1, -0.05) is 18.5 Å². The van der Waals surface area contributed by atoms with Crippen molar-refractivity contribution in [2.24, 2.45) is 0 Å². The van der Waals surface area contributed by atoms with Crippen LogP contribution < -0.4 is 10.1 Å². The van der Waals surface area contributed by atoms with E-state index in [0.717, 1.165) is 44.2 Å². The number of carbonyl (C=O) groups is 1. The van der Waals surface area contributed by atoms with Crippen molar-refractivity contribution in [1.82, 2.24) is 9.80 Å². The number of halogens is 1. The van der Waals surface area contributed by atoms with Crippen LogP contribution in [-0.4, -0.2) is 62.1 Å². The van der Waals surface area contributed by atoms with Gasteiger partial charge in [-0.05, 0) is 24.7 Å². The van der Waals surface area contributed by atoms with E-state index in [2.05, 4.69) is 17.1 Å². The molecule has 0 aromatic heterocycles. The van der Waals surface area contributed by atoms with E-state index in [4.69, 9.17) is 16.3 Å². The summed E-state index contributed by atoms with van der Waals surface area (Å²) in [6.45, 7) is 7.37. The van der Waals surface area contributed by atoms with Gasteiger partial charge in [0, 0.05) is 44.2 Å². The summed E-state index contributed by atoms with van der Waals surface area (Å²) >= 11 is 5.99. The van der Waals surface area contributed by atoms with Crippen molar-refractivity contribution in [2.75, 3.05) is 51.7 Å². The minimum Gasteiger partial charge on any atom is -0.495 e. The van der Waals surface area contributed by atoms with Gasteiger partial charge in [-0.15, -0.1) is 0 Å². The van der Waals surface area contributed by atoms with Crippen molar-refractivity contribution < 1.29 is 9.53 Å². The van der Waals surface area contributed by atoms with E-state index in [1.807, 2.05) is 17.0 Å². The Labute approximate surface area is 137 Å². The van der Waals surface area contributed by atoms with Crippen molar-refractivity contribution in [3.63, 3.8) is 0 Å². The molecule has 0 unspecified atom stereocenters. The predicted molar refractivity (Wildman–Crippen MR) is 89.8 cm³/mol. The van der Waals surface area contributed by atoms with E-state index < -0.39 is 0 Å². The minimum absolute atomic E-state index is 0.198. The highest BCUT2D eigenvalue weighted by molar-refractivity contribution is 6.30. The number of nitrogens with one attached hydrogen (secondary N) is 1. The number of likely N-dealkylation sites (N-methyl/N-ethyl adjacent to an activating group) is 1. The second kappa shape index (κ2) is 8.25. The first-order valence-corrected chi connectivity index (χ1v) is 8.09. The van der Waals surface area contributed by atoms with Crippen LogP contribution in [0.4, 0.5) is 5.69 Å². The van der Waals surface area contributed by atoms with Crippen molar-refractivity contribution >= 4 is 23.2 Å². The molecule has 0 spiro atoms. The third-order valence-electron chi connectivity index (χ3n) is 3.99. The molecule has 1 aliphatic heterocycles. The van der Waals surface area contributed by atoms with Crippen LogP contribution in [0.2, 0.25) is 5.02 Å². The third kappa shape index (κ3) is 4.52. The van der Waals surface area contributed by atoms with E-state index in [9.17, 15) is 4.79 Å². The lowest BCUT2D eigenvalue weighted by atomic mass is 10.2. The number of hydrogen-bond acceptors (Lipinski definition) is 4. The summed E-state index contributed by atoms with van der Waals surface area (Å²) in [6, 6.07) is 5.41. The summed E-state index contributed by atoms with van der Waals surface area (Å²) in [5, 5.41) is 3.87. The molecular weight excluding hydrogens is 302 g/mol. The highest BCUT2D eigenvalue weighted by atomic mass is 35.5. The molecule has 6 heteroatoms. The number of methoxy groups -OCH3 is 1. The molecule has 22 heavy (non-hydrogen) atoms. The number of benzene rings is 1. The number of hydrogen-bond donors (Lipinski definition) is 1. The SMILES string of the molecule is CCN1CCN(C(=O)CCNc2cc(Cl)ccc2OC)CC1. The van der Waals surface area contributed by atoms with Crippen LogP contribution in [0.5, 0.6) is 5.75 Å². The second-order valence-electron chi connectivity index (χ2n) is 5.34. The fraction of sp³-hybridized carbons (Fsp3) is 0.562. The Kier molecular flexibility index (Phi) is 6.34. The fourth-order valence-electron chi connectivity index (χ4n) is 2.59. The Hall–Kier alpha value is -1.46. The van der Waals surface area contributed by atoms with E-state index >= 15 is 0 Å². The van der Waals surface area contributed by atoms with E-state index in [-0.39, 0.29) is 5.91 Å². The molecule has 1 amide bonds. The monoisotopic (exact) mass is 325 g/mol. The van der Waals surface area contributed by atoms with Crippen LogP contribution in [0, 0.1) is 0 Å². The van der Waals surface area contributed by atoms with Crippen LogP contribution in [-0.2, 0) is 4.79 Å². The average Bonchev–Trinajstić information content (AvgIpc) is 2.55. The van der Waals surface area contributed by atoms with Crippen LogP contribution in [0.15, 0.2) is 18.2 Å². The van der Waals surface area contributed by atoms with Crippen LogP contribution >= 0.6 is 11.6 Å². The van der Waals surface area contributed by atoms with Gasteiger partial charge in [0.15, 0.2) is 0 Å². The van der Waals surface area contributed by atoms with Gasteiger partial charge >= 0.3 is 0 Å². The van der Waals surface area contributed by atoms with E-state index in [1.165, 1.54) is 0 Å². The lowest BCUT2D eigenvalue weighted by Crippen LogP contribution is -2.48. The van der Waals surface area contributed by atoms with Gasteiger partial charge in [-0.2, -0.15) is 0 Å². The molecule has 1 aromatic rings. The van der Waals surface area contributed by atoms with Crippen molar-refractivity contribution in [3.8, 4) is 5.75 Å². The summed E-state index contributed by atoms with van der Waals surface area (Å²) in [4.78, 5) is 16.5. The molecule has 1 aromatic carbocycles. The molecule has 1 heterocycles. The molecule has 0 aliphatic carbocycles. The van der Waals surface area contributed by atoms with Gasteiger partial charge < -0.3 is 19.9 Å². The summed E-state index contributed by atoms with van der Waals surface area (Å²) in [7, 11) is 1.62. The molecule has 1 N–H and O–H groups in total. The summed E-state index contributed by atoms with van der Waals surface area (Å²) in [6.07, 6.45) is 0.474. The maximum atomic E-state index is 12.2. The maximum Gasteiger partial charge on any atom is 0.224 e. The quantitative estimate of drug-likeness (QED) is 0.872. The Bertz CT molecular complexity index is 502. The topological polar surface area (TPSA) is 44.8 Å². The molecule has 0 radical (unpaired) electrons. The molecule has 0 bridgehead atoms. The number of amides is 1. The number of nitrogens with zero attached hydrogens (tertiary/aromatic N) is 2. The zero-order chi connectivity index (χ0) is 15.9. The van der Waals surface area contributed by atoms with Gasteiger partial charge in [0.25, 0.3) is 0 Å². The summed E-state index contributed by atoms with van der Waals surface area (Å²) in [5.41, 5.74) is 0.818. The van der Waals surface area contributed by atoms with Crippen molar-refractivity contribution in [1.29, 1.82) is 0 Å². The fourth-order valence-corrected chi connectivity index (χ4v) is 2.77. The zero-order valence-corrected chi connectivity index (χ0v) is 14.0. The number of carbonyl (C=O) groups excluding carboxylic acids is 1. The summed E-state index contributed by atoms with van der Waals surface area (Å²) in [5.74, 6) is 0.928. The first kappa shape index (κ1) is 16.9. The molecule has 0 atom stereocenters. The van der Waals surface area contributed by atoms with Gasteiger partial charge in [-0.3, -0.25) is 4.79 Å². The largest absolute Gasteiger partial charge is 0.495 e. The van der Waals surface area contributed by atoms with E-state index in [0.29, 0.717) is 18.0 Å². The number of anilines is 1. The van der Waals surface area contributed by atoms with E-state index in [1.54, 1.807) is 13.2 Å². The van der Waals surface area contributed by atoms with Crippen LogP contribution in [0.25, 0.3) is 0 Å². The van der Waals surface area contributed by atoms with Crippen LogP contribution in [0.3, 0.4) is 0 Å². The average molecular weight is 326 g/mol. The molecule has 122 valence electrons. The lowest BCUT2D eigenvalue weighted by Gasteiger charge is -2.34. The smallest absolute Gasteiger partial charge is 0.224 e. The molecular formula is C16H24ClN3O2. The van der Waals surface area contributed by atoms with Gasteiger partial charge in [0.2, 0.25) is 5.91 Å². The number of piperazine rings is 1.